The molecule has 0 spiro atoms. The highest BCUT2D eigenvalue weighted by Crippen LogP contribution is 2.30. The number of hydrogen-bond donors (Lipinski definition) is 0. The Labute approximate surface area is 144 Å². The van der Waals surface area contributed by atoms with Crippen molar-refractivity contribution in [2.24, 2.45) is 0 Å². The molecule has 3 nitrogen and oxygen atoms in total. The Bertz CT molecular complexity index is 796. The first-order chi connectivity index (χ1) is 11.2. The summed E-state index contributed by atoms with van der Waals surface area (Å²) < 4.78 is 2.11. The van der Waals surface area contributed by atoms with E-state index in [2.05, 4.69) is 11.1 Å². The van der Waals surface area contributed by atoms with Crippen LogP contribution in [-0.2, 0) is 4.79 Å². The number of para-hydroxylation sites is 2. The normalized spacial score (nSPS) is 10.9. The summed E-state index contributed by atoms with van der Waals surface area (Å²) in [5, 5.41) is 0. The van der Waals surface area contributed by atoms with Crippen LogP contribution in [0.5, 0.6) is 0 Å². The molecular weight excluding hydrogens is 324 g/mol. The van der Waals surface area contributed by atoms with Gasteiger partial charge in [0, 0.05) is 12.2 Å². The SMILES string of the molecule is CCN(C(=O)CSc1nc2ccccc2s1)c1ccccc1C. The van der Waals surface area contributed by atoms with Crippen LogP contribution in [0.1, 0.15) is 12.5 Å². The lowest BCUT2D eigenvalue weighted by molar-refractivity contribution is -0.116. The first kappa shape index (κ1) is 16.0. The molecule has 1 aromatic heterocycles. The molecule has 0 atom stereocenters. The van der Waals surface area contributed by atoms with E-state index in [-0.39, 0.29) is 5.91 Å². The van der Waals surface area contributed by atoms with Gasteiger partial charge in [-0.05, 0) is 37.6 Å². The van der Waals surface area contributed by atoms with Gasteiger partial charge in [0.25, 0.3) is 0 Å². The molecule has 0 aliphatic rings. The number of amides is 1. The molecule has 0 saturated heterocycles. The van der Waals surface area contributed by atoms with Crippen LogP contribution in [0.4, 0.5) is 5.69 Å². The van der Waals surface area contributed by atoms with Gasteiger partial charge in [-0.25, -0.2) is 4.98 Å². The van der Waals surface area contributed by atoms with E-state index in [1.165, 1.54) is 11.8 Å². The van der Waals surface area contributed by atoms with Crippen LogP contribution in [-0.4, -0.2) is 23.2 Å². The van der Waals surface area contributed by atoms with Gasteiger partial charge in [-0.15, -0.1) is 11.3 Å². The third-order valence-corrected chi connectivity index (χ3v) is 5.78. The quantitative estimate of drug-likeness (QED) is 0.627. The molecule has 0 bridgehead atoms. The largest absolute Gasteiger partial charge is 0.312 e. The van der Waals surface area contributed by atoms with E-state index < -0.39 is 0 Å². The van der Waals surface area contributed by atoms with Crippen molar-refractivity contribution in [3.63, 3.8) is 0 Å². The summed E-state index contributed by atoms with van der Waals surface area (Å²) in [5.41, 5.74) is 3.11. The molecule has 2 aromatic carbocycles. The van der Waals surface area contributed by atoms with E-state index in [0.29, 0.717) is 12.3 Å². The molecule has 0 aliphatic heterocycles. The number of rotatable bonds is 5. The summed E-state index contributed by atoms with van der Waals surface area (Å²) in [6.07, 6.45) is 0. The van der Waals surface area contributed by atoms with Crippen molar-refractivity contribution < 1.29 is 4.79 Å². The lowest BCUT2D eigenvalue weighted by Gasteiger charge is -2.22. The molecule has 0 unspecified atom stereocenters. The number of aromatic nitrogens is 1. The zero-order valence-electron chi connectivity index (χ0n) is 13.2. The van der Waals surface area contributed by atoms with E-state index in [1.807, 2.05) is 61.2 Å². The summed E-state index contributed by atoms with van der Waals surface area (Å²) >= 11 is 3.15. The molecule has 3 rings (SSSR count). The molecule has 5 heteroatoms. The van der Waals surface area contributed by atoms with Crippen LogP contribution in [0.2, 0.25) is 0 Å². The summed E-state index contributed by atoms with van der Waals surface area (Å²) in [4.78, 5) is 19.0. The third kappa shape index (κ3) is 3.57. The first-order valence-electron chi connectivity index (χ1n) is 7.53. The van der Waals surface area contributed by atoms with Crippen LogP contribution in [0.3, 0.4) is 0 Å². The number of anilines is 1. The Morgan fingerprint density at radius 2 is 1.91 bits per heavy atom. The number of benzene rings is 2. The van der Waals surface area contributed by atoms with E-state index >= 15 is 0 Å². The predicted octanol–water partition coefficient (Wildman–Crippen LogP) is 4.75. The average molecular weight is 342 g/mol. The standard InChI is InChI=1S/C18H18N2OS2/c1-3-20(15-10-6-4-8-13(15)2)17(21)12-22-18-19-14-9-5-7-11-16(14)23-18/h4-11H,3,12H2,1-2H3. The molecule has 3 aromatic rings. The predicted molar refractivity (Wildman–Crippen MR) is 99.6 cm³/mol. The number of nitrogens with zero attached hydrogens (tertiary/aromatic N) is 2. The van der Waals surface area contributed by atoms with Crippen LogP contribution in [0.15, 0.2) is 52.9 Å². The second kappa shape index (κ2) is 7.15. The van der Waals surface area contributed by atoms with E-state index in [4.69, 9.17) is 0 Å². The van der Waals surface area contributed by atoms with Crippen molar-refractivity contribution in [2.75, 3.05) is 17.2 Å². The monoisotopic (exact) mass is 342 g/mol. The number of carbonyl (C=O) groups excluding carboxylic acids is 1. The maximum absolute atomic E-state index is 12.6. The van der Waals surface area contributed by atoms with Crippen LogP contribution >= 0.6 is 23.1 Å². The minimum atomic E-state index is 0.117. The lowest BCUT2D eigenvalue weighted by Crippen LogP contribution is -2.32. The summed E-state index contributed by atoms with van der Waals surface area (Å²) in [7, 11) is 0. The van der Waals surface area contributed by atoms with Crippen LogP contribution in [0.25, 0.3) is 10.2 Å². The van der Waals surface area contributed by atoms with Gasteiger partial charge in [0.05, 0.1) is 16.0 Å². The van der Waals surface area contributed by atoms with Gasteiger partial charge in [-0.1, -0.05) is 42.1 Å². The molecule has 0 aliphatic carbocycles. The summed E-state index contributed by atoms with van der Waals surface area (Å²) in [6, 6.07) is 16.1. The average Bonchev–Trinajstić information content (AvgIpc) is 2.98. The van der Waals surface area contributed by atoms with Gasteiger partial charge >= 0.3 is 0 Å². The van der Waals surface area contributed by atoms with E-state index in [0.717, 1.165) is 25.8 Å². The number of hydrogen-bond acceptors (Lipinski definition) is 4. The molecule has 0 saturated carbocycles. The smallest absolute Gasteiger partial charge is 0.237 e. The highest BCUT2D eigenvalue weighted by Gasteiger charge is 2.16. The number of fused-ring (bicyclic) bond motifs is 1. The molecular formula is C18H18N2OS2. The van der Waals surface area contributed by atoms with Crippen molar-refractivity contribution in [2.45, 2.75) is 18.2 Å². The van der Waals surface area contributed by atoms with Gasteiger partial charge in [0.15, 0.2) is 4.34 Å². The van der Waals surface area contributed by atoms with Crippen molar-refractivity contribution >= 4 is 44.9 Å². The topological polar surface area (TPSA) is 33.2 Å². The van der Waals surface area contributed by atoms with Gasteiger partial charge in [0.2, 0.25) is 5.91 Å². The van der Waals surface area contributed by atoms with Gasteiger partial charge < -0.3 is 4.90 Å². The van der Waals surface area contributed by atoms with Crippen molar-refractivity contribution in [3.8, 4) is 0 Å². The molecule has 0 radical (unpaired) electrons. The number of aryl methyl sites for hydroxylation is 1. The first-order valence-corrected chi connectivity index (χ1v) is 9.33. The van der Waals surface area contributed by atoms with Crippen LogP contribution in [0, 0.1) is 6.92 Å². The van der Waals surface area contributed by atoms with Gasteiger partial charge in [0.1, 0.15) is 0 Å². The minimum Gasteiger partial charge on any atom is -0.312 e. The Balaban J connectivity index is 1.71. The molecule has 0 N–H and O–H groups in total. The van der Waals surface area contributed by atoms with Gasteiger partial charge in [-0.3, -0.25) is 4.79 Å². The fourth-order valence-electron chi connectivity index (χ4n) is 2.46. The molecule has 23 heavy (non-hydrogen) atoms. The Hall–Kier alpha value is -1.85. The highest BCUT2D eigenvalue weighted by molar-refractivity contribution is 8.01. The molecule has 0 fully saturated rings. The molecule has 1 amide bonds. The summed E-state index contributed by atoms with van der Waals surface area (Å²) in [6.45, 7) is 4.71. The number of thiazole rings is 1. The molecule has 118 valence electrons. The second-order valence-corrected chi connectivity index (χ2v) is 7.41. The van der Waals surface area contributed by atoms with Crippen LogP contribution < -0.4 is 4.90 Å². The van der Waals surface area contributed by atoms with Crippen molar-refractivity contribution in [1.82, 2.24) is 4.98 Å². The fraction of sp³-hybridized carbons (Fsp3) is 0.222. The van der Waals surface area contributed by atoms with E-state index in [9.17, 15) is 4.79 Å². The minimum absolute atomic E-state index is 0.117. The van der Waals surface area contributed by atoms with Crippen molar-refractivity contribution in [3.05, 3.63) is 54.1 Å². The number of thioether (sulfide) groups is 1. The van der Waals surface area contributed by atoms with Crippen molar-refractivity contribution in [1.29, 1.82) is 0 Å². The maximum atomic E-state index is 12.6. The summed E-state index contributed by atoms with van der Waals surface area (Å²) in [5.74, 6) is 0.521. The Kier molecular flexibility index (Phi) is 4.98. The highest BCUT2D eigenvalue weighted by atomic mass is 32.2. The number of carbonyl (C=O) groups is 1. The zero-order chi connectivity index (χ0) is 16.2. The third-order valence-electron chi connectivity index (χ3n) is 3.62. The Morgan fingerprint density at radius 1 is 1.17 bits per heavy atom. The second-order valence-electron chi connectivity index (χ2n) is 5.16. The Morgan fingerprint density at radius 3 is 2.65 bits per heavy atom. The lowest BCUT2D eigenvalue weighted by atomic mass is 10.2. The maximum Gasteiger partial charge on any atom is 0.237 e. The fourth-order valence-corrected chi connectivity index (χ4v) is 4.41. The van der Waals surface area contributed by atoms with E-state index in [1.54, 1.807) is 11.3 Å². The zero-order valence-corrected chi connectivity index (χ0v) is 14.8. The molecule has 1 heterocycles. The van der Waals surface area contributed by atoms with Gasteiger partial charge in [-0.2, -0.15) is 0 Å².